The molecule has 4 heterocycles. The minimum absolute atomic E-state index is 0.00210. The highest BCUT2D eigenvalue weighted by atomic mass is 32.1. The highest BCUT2D eigenvalue weighted by molar-refractivity contribution is 7.09. The summed E-state index contributed by atoms with van der Waals surface area (Å²) in [6.07, 6.45) is 1.76. The van der Waals surface area contributed by atoms with Gasteiger partial charge in [-0.05, 0) is 63.6 Å². The average Bonchev–Trinajstić information content (AvgIpc) is 3.26. The molecule has 0 aromatic carbocycles. The van der Waals surface area contributed by atoms with Crippen LogP contribution in [-0.2, 0) is 12.7 Å². The summed E-state index contributed by atoms with van der Waals surface area (Å²) in [6, 6.07) is 4.00. The molecule has 1 saturated carbocycles. The molecule has 0 spiro atoms. The van der Waals surface area contributed by atoms with Crippen molar-refractivity contribution in [1.82, 2.24) is 24.5 Å². The molecule has 5 rings (SSSR count). The Morgan fingerprint density at radius 1 is 1.09 bits per heavy atom. The molecule has 10 heteroatoms. The van der Waals surface area contributed by atoms with E-state index in [1.165, 1.54) is 21.7 Å². The number of fused-ring (bicyclic) bond motifs is 1. The van der Waals surface area contributed by atoms with Crippen molar-refractivity contribution in [3.63, 3.8) is 0 Å². The lowest BCUT2D eigenvalue weighted by molar-refractivity contribution is -0.138. The summed E-state index contributed by atoms with van der Waals surface area (Å²) >= 11 is 1.64. The van der Waals surface area contributed by atoms with Crippen molar-refractivity contribution < 1.29 is 13.2 Å². The number of aryl methyl sites for hydroxylation is 2. The number of pyridine rings is 2. The van der Waals surface area contributed by atoms with Crippen LogP contribution in [0.2, 0.25) is 0 Å². The number of rotatable bonds is 4. The first-order valence-electron chi connectivity index (χ1n) is 11.5. The van der Waals surface area contributed by atoms with Crippen molar-refractivity contribution in [1.29, 1.82) is 0 Å². The topological polar surface area (TPSA) is 73.6 Å². The summed E-state index contributed by atoms with van der Waals surface area (Å²) in [7, 11) is 0. The van der Waals surface area contributed by atoms with E-state index in [0.29, 0.717) is 22.7 Å². The minimum Gasteiger partial charge on any atom is -0.285 e. The van der Waals surface area contributed by atoms with Gasteiger partial charge in [0.05, 0.1) is 34.7 Å². The van der Waals surface area contributed by atoms with E-state index in [2.05, 4.69) is 26.9 Å². The Bertz CT molecular complexity index is 1440. The fourth-order valence-corrected chi connectivity index (χ4v) is 5.70. The first-order valence-corrected chi connectivity index (χ1v) is 12.4. The SMILES string of the molecule is Cc1cnc2cc([C@H]3CC[C@H](c4ncsc4C)CC3)c(=O)n(Cc3ncccc3C(F)(F)F)c2n1. The molecule has 0 bridgehead atoms. The molecular weight excluding hydrogens is 475 g/mol. The van der Waals surface area contributed by atoms with Crippen LogP contribution in [0.25, 0.3) is 11.2 Å². The van der Waals surface area contributed by atoms with E-state index in [4.69, 9.17) is 0 Å². The molecule has 0 radical (unpaired) electrons. The highest BCUT2D eigenvalue weighted by Crippen LogP contribution is 2.41. The number of aromatic nitrogens is 5. The number of alkyl halides is 3. The molecule has 182 valence electrons. The Hall–Kier alpha value is -3.14. The van der Waals surface area contributed by atoms with Crippen LogP contribution in [0, 0.1) is 13.8 Å². The minimum atomic E-state index is -4.57. The lowest BCUT2D eigenvalue weighted by Gasteiger charge is -2.28. The third kappa shape index (κ3) is 4.59. The summed E-state index contributed by atoms with van der Waals surface area (Å²) in [5.41, 5.74) is 3.52. The van der Waals surface area contributed by atoms with Gasteiger partial charge < -0.3 is 0 Å². The predicted octanol–water partition coefficient (Wildman–Crippen LogP) is 5.77. The van der Waals surface area contributed by atoms with E-state index in [0.717, 1.165) is 37.4 Å². The molecule has 0 N–H and O–H groups in total. The zero-order valence-corrected chi connectivity index (χ0v) is 20.2. The molecular formula is C25H24F3N5OS. The van der Waals surface area contributed by atoms with Crippen LogP contribution in [0.5, 0.6) is 0 Å². The van der Waals surface area contributed by atoms with Gasteiger partial charge in [0.15, 0.2) is 5.65 Å². The fourth-order valence-electron chi connectivity index (χ4n) is 5.03. The Morgan fingerprint density at radius 2 is 1.83 bits per heavy atom. The van der Waals surface area contributed by atoms with Crippen molar-refractivity contribution in [2.45, 2.75) is 64.1 Å². The highest BCUT2D eigenvalue weighted by Gasteiger charge is 2.34. The molecule has 6 nitrogen and oxygen atoms in total. The largest absolute Gasteiger partial charge is 0.418 e. The maximum atomic E-state index is 13.7. The molecule has 1 fully saturated rings. The van der Waals surface area contributed by atoms with Crippen molar-refractivity contribution in [2.75, 3.05) is 0 Å². The van der Waals surface area contributed by atoms with Crippen LogP contribution in [-0.4, -0.2) is 24.5 Å². The van der Waals surface area contributed by atoms with Crippen molar-refractivity contribution in [3.8, 4) is 0 Å². The average molecular weight is 500 g/mol. The lowest BCUT2D eigenvalue weighted by Crippen LogP contribution is -2.29. The van der Waals surface area contributed by atoms with Crippen LogP contribution >= 0.6 is 11.3 Å². The van der Waals surface area contributed by atoms with Crippen molar-refractivity contribution in [3.05, 3.63) is 79.5 Å². The zero-order chi connectivity index (χ0) is 24.7. The third-order valence-corrected chi connectivity index (χ3v) is 7.55. The Balaban J connectivity index is 1.54. The Morgan fingerprint density at radius 3 is 2.51 bits per heavy atom. The first kappa shape index (κ1) is 23.6. The van der Waals surface area contributed by atoms with E-state index in [-0.39, 0.29) is 29.4 Å². The lowest BCUT2D eigenvalue weighted by atomic mass is 9.77. The van der Waals surface area contributed by atoms with Crippen LogP contribution in [0.4, 0.5) is 13.2 Å². The fraction of sp³-hybridized carbons (Fsp3) is 0.400. The van der Waals surface area contributed by atoms with Gasteiger partial charge in [-0.1, -0.05) is 0 Å². The van der Waals surface area contributed by atoms with Crippen LogP contribution in [0.1, 0.15) is 70.6 Å². The molecule has 0 amide bonds. The van der Waals surface area contributed by atoms with Crippen LogP contribution in [0.15, 0.2) is 40.9 Å². The molecule has 35 heavy (non-hydrogen) atoms. The van der Waals surface area contributed by atoms with Gasteiger partial charge in [-0.3, -0.25) is 19.3 Å². The summed E-state index contributed by atoms with van der Waals surface area (Å²) in [6.45, 7) is 3.48. The van der Waals surface area contributed by atoms with Gasteiger partial charge >= 0.3 is 6.18 Å². The number of nitrogens with zero attached hydrogens (tertiary/aromatic N) is 5. The van der Waals surface area contributed by atoms with Gasteiger partial charge in [-0.15, -0.1) is 11.3 Å². The molecule has 0 aliphatic heterocycles. The molecule has 4 aromatic heterocycles. The molecule has 1 aliphatic carbocycles. The smallest absolute Gasteiger partial charge is 0.285 e. The number of hydrogen-bond donors (Lipinski definition) is 0. The quantitative estimate of drug-likeness (QED) is 0.357. The predicted molar refractivity (Wildman–Crippen MR) is 128 cm³/mol. The third-order valence-electron chi connectivity index (χ3n) is 6.78. The summed E-state index contributed by atoms with van der Waals surface area (Å²) < 4.78 is 42.2. The number of thiazole rings is 1. The molecule has 0 atom stereocenters. The second-order valence-corrected chi connectivity index (χ2v) is 10.1. The van der Waals surface area contributed by atoms with Gasteiger partial charge in [0.2, 0.25) is 0 Å². The Kier molecular flexibility index (Phi) is 6.16. The van der Waals surface area contributed by atoms with E-state index in [1.807, 2.05) is 5.51 Å². The van der Waals surface area contributed by atoms with Gasteiger partial charge in [-0.25, -0.2) is 9.97 Å². The molecule has 0 saturated heterocycles. The second kappa shape index (κ2) is 9.14. The van der Waals surface area contributed by atoms with Gasteiger partial charge in [-0.2, -0.15) is 13.2 Å². The molecule has 0 unspecified atom stereocenters. The van der Waals surface area contributed by atoms with Crippen molar-refractivity contribution in [2.24, 2.45) is 0 Å². The van der Waals surface area contributed by atoms with Gasteiger partial charge in [0, 0.05) is 28.8 Å². The van der Waals surface area contributed by atoms with Crippen LogP contribution in [0.3, 0.4) is 0 Å². The second-order valence-electron chi connectivity index (χ2n) is 9.05. The monoisotopic (exact) mass is 499 g/mol. The summed E-state index contributed by atoms with van der Waals surface area (Å²) in [5.74, 6) is 0.368. The first-order chi connectivity index (χ1) is 16.7. The zero-order valence-electron chi connectivity index (χ0n) is 19.3. The maximum absolute atomic E-state index is 13.7. The summed E-state index contributed by atoms with van der Waals surface area (Å²) in [4.78, 5) is 32.3. The summed E-state index contributed by atoms with van der Waals surface area (Å²) in [5, 5.41) is 0. The van der Waals surface area contributed by atoms with Gasteiger partial charge in [0.1, 0.15) is 5.52 Å². The number of halogens is 3. The maximum Gasteiger partial charge on any atom is 0.418 e. The van der Waals surface area contributed by atoms with Gasteiger partial charge in [0.25, 0.3) is 5.56 Å². The molecule has 1 aliphatic rings. The Labute approximate surface area is 203 Å². The normalized spacial score (nSPS) is 18.8. The van der Waals surface area contributed by atoms with Crippen LogP contribution < -0.4 is 5.56 Å². The number of hydrogen-bond acceptors (Lipinski definition) is 6. The van der Waals surface area contributed by atoms with E-state index >= 15 is 0 Å². The standard InChI is InChI=1S/C25H24F3N5OS/c1-14-11-30-20-10-18(16-5-7-17(8-6-16)22-15(2)35-13-31-22)24(34)33(23(20)32-14)12-21-19(25(26,27)28)4-3-9-29-21/h3-4,9-11,13,16-17H,5-8,12H2,1-2H3/t16-,17-. The molecule has 4 aromatic rings. The van der Waals surface area contributed by atoms with E-state index in [9.17, 15) is 18.0 Å². The van der Waals surface area contributed by atoms with E-state index < -0.39 is 11.7 Å². The van der Waals surface area contributed by atoms with Crippen molar-refractivity contribution >= 4 is 22.5 Å². The van der Waals surface area contributed by atoms with E-state index in [1.54, 1.807) is 30.5 Å².